The Hall–Kier alpha value is -2.77. The molecule has 0 saturated heterocycles. The van der Waals surface area contributed by atoms with Gasteiger partial charge in [0.1, 0.15) is 5.75 Å². The van der Waals surface area contributed by atoms with E-state index in [1.54, 1.807) is 6.07 Å². The van der Waals surface area contributed by atoms with Gasteiger partial charge in [0.05, 0.1) is 16.5 Å². The third-order valence-corrected chi connectivity index (χ3v) is 6.88. The van der Waals surface area contributed by atoms with Gasteiger partial charge in [-0.3, -0.25) is 9.59 Å². The number of fused-ring (bicyclic) bond motifs is 3. The van der Waals surface area contributed by atoms with E-state index in [0.717, 1.165) is 30.2 Å². The van der Waals surface area contributed by atoms with Crippen LogP contribution in [0.25, 0.3) is 11.3 Å². The van der Waals surface area contributed by atoms with Gasteiger partial charge in [0.2, 0.25) is 5.91 Å². The molecule has 2 aromatic carbocycles. The van der Waals surface area contributed by atoms with Crippen molar-refractivity contribution >= 4 is 35.0 Å². The van der Waals surface area contributed by atoms with Crippen LogP contribution in [0.5, 0.6) is 5.75 Å². The van der Waals surface area contributed by atoms with Crippen molar-refractivity contribution in [2.75, 3.05) is 11.1 Å². The minimum atomic E-state index is -0.289. The number of carbonyl (C=O) groups is 1. The second-order valence-electron chi connectivity index (χ2n) is 7.85. The van der Waals surface area contributed by atoms with Gasteiger partial charge < -0.3 is 15.4 Å². The van der Waals surface area contributed by atoms with Crippen molar-refractivity contribution in [3.63, 3.8) is 0 Å². The Bertz CT molecular complexity index is 1230. The summed E-state index contributed by atoms with van der Waals surface area (Å²) < 4.78 is 0. The first-order valence-corrected chi connectivity index (χ1v) is 11.3. The van der Waals surface area contributed by atoms with Crippen LogP contribution in [-0.4, -0.2) is 26.7 Å². The minimum Gasteiger partial charge on any atom is -0.506 e. The molecule has 0 unspecified atom stereocenters. The first-order valence-electron chi connectivity index (χ1n) is 9.95. The summed E-state index contributed by atoms with van der Waals surface area (Å²) in [7, 11) is 0. The van der Waals surface area contributed by atoms with E-state index in [1.165, 1.54) is 17.7 Å². The molecule has 6 nitrogen and oxygen atoms in total. The zero-order valence-electron chi connectivity index (χ0n) is 17.2. The molecule has 31 heavy (non-hydrogen) atoms. The van der Waals surface area contributed by atoms with Crippen LogP contribution in [0.1, 0.15) is 31.4 Å². The molecule has 4 rings (SSSR count). The quantitative estimate of drug-likeness (QED) is 0.293. The van der Waals surface area contributed by atoms with Crippen molar-refractivity contribution < 1.29 is 9.90 Å². The van der Waals surface area contributed by atoms with Gasteiger partial charge >= 0.3 is 0 Å². The van der Waals surface area contributed by atoms with Crippen LogP contribution in [0.2, 0.25) is 5.02 Å². The van der Waals surface area contributed by atoms with E-state index in [-0.39, 0.29) is 33.4 Å². The van der Waals surface area contributed by atoms with Crippen LogP contribution in [0.3, 0.4) is 0 Å². The lowest BCUT2D eigenvalue weighted by Crippen LogP contribution is -2.36. The molecule has 1 atom stereocenters. The van der Waals surface area contributed by atoms with Crippen molar-refractivity contribution in [1.29, 1.82) is 0 Å². The largest absolute Gasteiger partial charge is 0.506 e. The molecule has 1 heterocycles. The number of halogens is 1. The molecule has 0 spiro atoms. The van der Waals surface area contributed by atoms with Gasteiger partial charge in [-0.05, 0) is 36.6 Å². The number of carbonyl (C=O) groups excluding carboxylic acids is 1. The second kappa shape index (κ2) is 8.40. The Kier molecular flexibility index (Phi) is 5.81. The van der Waals surface area contributed by atoms with Crippen molar-refractivity contribution in [2.24, 2.45) is 0 Å². The van der Waals surface area contributed by atoms with E-state index in [1.807, 2.05) is 18.2 Å². The number of aromatic amines is 1. The highest BCUT2D eigenvalue weighted by atomic mass is 35.5. The summed E-state index contributed by atoms with van der Waals surface area (Å²) in [6.45, 7) is 4.18. The molecule has 1 aromatic heterocycles. The molecule has 1 amide bonds. The number of amides is 1. The molecule has 3 N–H and O–H groups in total. The average Bonchev–Trinajstić information content (AvgIpc) is 2.74. The molecule has 160 valence electrons. The van der Waals surface area contributed by atoms with Crippen LogP contribution >= 0.6 is 23.4 Å². The van der Waals surface area contributed by atoms with Crippen LogP contribution in [0, 0.1) is 0 Å². The van der Waals surface area contributed by atoms with Gasteiger partial charge in [0.25, 0.3) is 5.56 Å². The van der Waals surface area contributed by atoms with Crippen molar-refractivity contribution in [3.05, 3.63) is 69.0 Å². The van der Waals surface area contributed by atoms with E-state index in [0.29, 0.717) is 22.1 Å². The number of rotatable bonds is 5. The molecule has 0 radical (unpaired) electrons. The molecule has 0 bridgehead atoms. The molecule has 0 saturated carbocycles. The molecule has 0 aliphatic heterocycles. The summed E-state index contributed by atoms with van der Waals surface area (Å²) in [5, 5.41) is 12.8. The number of nitrogens with zero attached hydrogens (tertiary/aromatic N) is 1. The van der Waals surface area contributed by atoms with Gasteiger partial charge in [0.15, 0.2) is 5.16 Å². The number of nitrogens with one attached hydrogen (secondary N) is 2. The van der Waals surface area contributed by atoms with Crippen LogP contribution in [0.15, 0.2) is 52.4 Å². The molecule has 8 heteroatoms. The third-order valence-electron chi connectivity index (χ3n) is 5.71. The van der Waals surface area contributed by atoms with Gasteiger partial charge in [0, 0.05) is 22.2 Å². The summed E-state index contributed by atoms with van der Waals surface area (Å²) in [5.41, 5.74) is 3.59. The fourth-order valence-corrected chi connectivity index (χ4v) is 4.75. The van der Waals surface area contributed by atoms with Gasteiger partial charge in [-0.1, -0.05) is 61.5 Å². The molecule has 0 fully saturated rings. The fourth-order valence-electron chi connectivity index (χ4n) is 3.91. The van der Waals surface area contributed by atoms with Crippen molar-refractivity contribution in [3.8, 4) is 17.0 Å². The van der Waals surface area contributed by atoms with Crippen molar-refractivity contribution in [1.82, 2.24) is 9.97 Å². The highest BCUT2D eigenvalue weighted by molar-refractivity contribution is 7.99. The number of benzene rings is 2. The predicted molar refractivity (Wildman–Crippen MR) is 124 cm³/mol. The van der Waals surface area contributed by atoms with Crippen LogP contribution < -0.4 is 10.9 Å². The number of aromatic nitrogens is 2. The monoisotopic (exact) mass is 455 g/mol. The number of aromatic hydroxyl groups is 1. The summed E-state index contributed by atoms with van der Waals surface area (Å²) in [6, 6.07) is 12.5. The summed E-state index contributed by atoms with van der Waals surface area (Å²) in [5.74, 6) is -0.262. The zero-order chi connectivity index (χ0) is 22.2. The van der Waals surface area contributed by atoms with E-state index < -0.39 is 0 Å². The molecule has 1 aliphatic carbocycles. The van der Waals surface area contributed by atoms with Gasteiger partial charge in [-0.2, -0.15) is 0 Å². The van der Waals surface area contributed by atoms with Crippen molar-refractivity contribution in [2.45, 2.75) is 37.3 Å². The van der Waals surface area contributed by atoms with Gasteiger partial charge in [-0.25, -0.2) is 4.98 Å². The smallest absolute Gasteiger partial charge is 0.255 e. The van der Waals surface area contributed by atoms with Crippen LogP contribution in [0.4, 0.5) is 5.69 Å². The number of phenolic OH excluding ortho intramolecular Hbond substituents is 1. The van der Waals surface area contributed by atoms with E-state index in [2.05, 4.69) is 30.2 Å². The highest BCUT2D eigenvalue weighted by Crippen LogP contribution is 2.42. The maximum atomic E-state index is 13.0. The Morgan fingerprint density at radius 3 is 2.84 bits per heavy atom. The lowest BCUT2D eigenvalue weighted by Gasteiger charge is -2.34. The lowest BCUT2D eigenvalue weighted by molar-refractivity contribution is -0.113. The normalized spacial score (nSPS) is 17.0. The summed E-state index contributed by atoms with van der Waals surface area (Å²) >= 11 is 7.04. The number of anilines is 1. The molecular weight excluding hydrogens is 434 g/mol. The third kappa shape index (κ3) is 4.20. The fraction of sp³-hybridized carbons (Fsp3) is 0.261. The Morgan fingerprint density at radius 2 is 2.10 bits per heavy atom. The minimum absolute atomic E-state index is 0.0516. The topological polar surface area (TPSA) is 95.1 Å². The lowest BCUT2D eigenvalue weighted by atomic mass is 9.69. The number of H-pyrrole nitrogens is 1. The first-order chi connectivity index (χ1) is 14.8. The maximum absolute atomic E-state index is 13.0. The number of thioether (sulfide) groups is 1. The number of hydrogen-bond donors (Lipinski definition) is 3. The number of hydrogen-bond acceptors (Lipinski definition) is 5. The maximum Gasteiger partial charge on any atom is 0.255 e. The highest BCUT2D eigenvalue weighted by Gasteiger charge is 2.37. The van der Waals surface area contributed by atoms with Crippen LogP contribution in [-0.2, 0) is 16.6 Å². The van der Waals surface area contributed by atoms with E-state index >= 15 is 0 Å². The zero-order valence-corrected chi connectivity index (χ0v) is 18.7. The average molecular weight is 456 g/mol. The molecular formula is C23H22ClN3O3S. The number of phenols is 1. The SMILES string of the molecule is CC[C@@]1(C)Cc2ccccc2-c2nc(SCC(=O)Nc3ccc(O)c(Cl)c3)[nH]c(=O)c21. The Labute approximate surface area is 189 Å². The van der Waals surface area contributed by atoms with E-state index in [4.69, 9.17) is 16.6 Å². The predicted octanol–water partition coefficient (Wildman–Crippen LogP) is 4.75. The summed E-state index contributed by atoms with van der Waals surface area (Å²) in [6.07, 6.45) is 1.62. The second-order valence-corrected chi connectivity index (χ2v) is 9.22. The summed E-state index contributed by atoms with van der Waals surface area (Å²) in [4.78, 5) is 33.0. The van der Waals surface area contributed by atoms with Gasteiger partial charge in [-0.15, -0.1) is 0 Å². The van der Waals surface area contributed by atoms with E-state index in [9.17, 15) is 14.7 Å². The molecule has 1 aliphatic rings. The first kappa shape index (κ1) is 21.5. The Morgan fingerprint density at radius 1 is 1.32 bits per heavy atom. The Balaban J connectivity index is 1.58. The standard InChI is InChI=1S/C23H22ClN3O3S/c1-3-23(2)11-13-6-4-5-7-15(13)20-19(23)21(30)27-22(26-20)31-12-18(29)25-14-8-9-17(28)16(24)10-14/h4-10,28H,3,11-12H2,1-2H3,(H,25,29)(H,26,27,30)/t23-/m0/s1. The molecule has 3 aromatic rings.